The number of aryl methyl sites for hydroxylation is 1. The molecule has 1 aromatic heterocycles. The molecule has 1 aromatic rings. The first-order valence-corrected chi connectivity index (χ1v) is 9.44. The fraction of sp³-hybridized carbons (Fsp3) is 0.778. The van der Waals surface area contributed by atoms with Gasteiger partial charge in [-0.05, 0) is 26.7 Å². The average molecular weight is 333 g/mol. The molecule has 134 valence electrons. The lowest BCUT2D eigenvalue weighted by Gasteiger charge is -2.37. The number of imidazole rings is 1. The van der Waals surface area contributed by atoms with Crippen LogP contribution in [0.5, 0.6) is 0 Å². The van der Waals surface area contributed by atoms with Crippen molar-refractivity contribution in [2.45, 2.75) is 64.7 Å². The van der Waals surface area contributed by atoms with Crippen LogP contribution >= 0.6 is 0 Å². The number of hydrogen-bond acceptors (Lipinski definition) is 4. The van der Waals surface area contributed by atoms with E-state index in [0.717, 1.165) is 57.9 Å². The lowest BCUT2D eigenvalue weighted by atomic mass is 10.2. The highest BCUT2D eigenvalue weighted by Crippen LogP contribution is 2.18. The summed E-state index contributed by atoms with van der Waals surface area (Å²) >= 11 is 0. The molecule has 2 fully saturated rings. The van der Waals surface area contributed by atoms with Crippen molar-refractivity contribution in [3.63, 3.8) is 0 Å². The van der Waals surface area contributed by atoms with E-state index in [4.69, 9.17) is 0 Å². The standard InChI is InChI=1S/C18H31N5O/c1-3-22-9-8-19-17(22)14-21-10-12-23(13-11-21)15(2)18(24)20-16-6-4-5-7-16/h8-9,15-16H,3-7,10-14H2,1-2H3,(H,20,24)/t15-/m0/s1. The third-order valence-electron chi connectivity index (χ3n) is 5.54. The monoisotopic (exact) mass is 333 g/mol. The van der Waals surface area contributed by atoms with Gasteiger partial charge >= 0.3 is 0 Å². The van der Waals surface area contributed by atoms with Crippen LogP contribution in [-0.2, 0) is 17.9 Å². The molecule has 2 heterocycles. The predicted molar refractivity (Wildman–Crippen MR) is 94.6 cm³/mol. The van der Waals surface area contributed by atoms with Crippen LogP contribution < -0.4 is 5.32 Å². The first-order chi connectivity index (χ1) is 11.7. The maximum Gasteiger partial charge on any atom is 0.237 e. The first-order valence-electron chi connectivity index (χ1n) is 9.44. The van der Waals surface area contributed by atoms with Crippen molar-refractivity contribution in [2.24, 2.45) is 0 Å². The first kappa shape index (κ1) is 17.4. The lowest BCUT2D eigenvalue weighted by Crippen LogP contribution is -2.54. The van der Waals surface area contributed by atoms with Gasteiger partial charge in [0.2, 0.25) is 5.91 Å². The minimum Gasteiger partial charge on any atom is -0.352 e. The van der Waals surface area contributed by atoms with E-state index >= 15 is 0 Å². The van der Waals surface area contributed by atoms with E-state index in [1.54, 1.807) is 0 Å². The molecular weight excluding hydrogens is 302 g/mol. The number of piperazine rings is 1. The van der Waals surface area contributed by atoms with Crippen LogP contribution in [0.3, 0.4) is 0 Å². The summed E-state index contributed by atoms with van der Waals surface area (Å²) < 4.78 is 2.20. The molecule has 1 N–H and O–H groups in total. The SMILES string of the molecule is CCn1ccnc1CN1CCN([C@@H](C)C(=O)NC2CCCC2)CC1. The van der Waals surface area contributed by atoms with Gasteiger partial charge in [0.1, 0.15) is 5.82 Å². The Morgan fingerprint density at radius 2 is 2.00 bits per heavy atom. The van der Waals surface area contributed by atoms with E-state index in [-0.39, 0.29) is 11.9 Å². The third-order valence-corrected chi connectivity index (χ3v) is 5.54. The minimum absolute atomic E-state index is 0.0228. The van der Waals surface area contributed by atoms with E-state index in [1.807, 2.05) is 19.3 Å². The van der Waals surface area contributed by atoms with Crippen LogP contribution in [0, 0.1) is 0 Å². The molecule has 1 atom stereocenters. The van der Waals surface area contributed by atoms with Crippen LogP contribution in [0.25, 0.3) is 0 Å². The Labute approximate surface area is 145 Å². The maximum atomic E-state index is 12.4. The zero-order chi connectivity index (χ0) is 16.9. The molecule has 0 aromatic carbocycles. The van der Waals surface area contributed by atoms with Crippen molar-refractivity contribution < 1.29 is 4.79 Å². The summed E-state index contributed by atoms with van der Waals surface area (Å²) in [4.78, 5) is 21.7. The number of aromatic nitrogens is 2. The van der Waals surface area contributed by atoms with Crippen LogP contribution in [0.2, 0.25) is 0 Å². The fourth-order valence-corrected chi connectivity index (χ4v) is 3.85. The highest BCUT2D eigenvalue weighted by molar-refractivity contribution is 5.81. The summed E-state index contributed by atoms with van der Waals surface area (Å²) in [6.45, 7) is 9.95. The molecule has 1 aliphatic heterocycles. The van der Waals surface area contributed by atoms with Crippen molar-refractivity contribution >= 4 is 5.91 Å². The maximum absolute atomic E-state index is 12.4. The van der Waals surface area contributed by atoms with Crippen molar-refractivity contribution in [2.75, 3.05) is 26.2 Å². The van der Waals surface area contributed by atoms with Gasteiger partial charge in [0, 0.05) is 51.2 Å². The molecule has 0 unspecified atom stereocenters. The van der Waals surface area contributed by atoms with Crippen molar-refractivity contribution in [3.05, 3.63) is 18.2 Å². The number of nitrogens with zero attached hydrogens (tertiary/aromatic N) is 4. The van der Waals surface area contributed by atoms with Crippen LogP contribution in [0.1, 0.15) is 45.4 Å². The molecule has 2 aliphatic rings. The smallest absolute Gasteiger partial charge is 0.237 e. The molecule has 6 nitrogen and oxygen atoms in total. The summed E-state index contributed by atoms with van der Waals surface area (Å²) in [5.41, 5.74) is 0. The van der Waals surface area contributed by atoms with Gasteiger partial charge in [0.25, 0.3) is 0 Å². The van der Waals surface area contributed by atoms with E-state index in [2.05, 4.69) is 31.6 Å². The molecule has 6 heteroatoms. The van der Waals surface area contributed by atoms with Gasteiger partial charge in [-0.15, -0.1) is 0 Å². The van der Waals surface area contributed by atoms with Gasteiger partial charge in [-0.3, -0.25) is 14.6 Å². The van der Waals surface area contributed by atoms with E-state index in [1.165, 1.54) is 12.8 Å². The molecule has 24 heavy (non-hydrogen) atoms. The zero-order valence-electron chi connectivity index (χ0n) is 15.1. The number of nitrogens with one attached hydrogen (secondary N) is 1. The summed E-state index contributed by atoms with van der Waals surface area (Å²) in [6, 6.07) is 0.388. The van der Waals surface area contributed by atoms with Crippen LogP contribution in [0.4, 0.5) is 0 Å². The molecule has 1 saturated carbocycles. The number of carbonyl (C=O) groups is 1. The number of carbonyl (C=O) groups excluding carboxylic acids is 1. The Morgan fingerprint density at radius 1 is 1.29 bits per heavy atom. The van der Waals surface area contributed by atoms with Gasteiger partial charge in [-0.25, -0.2) is 4.98 Å². The molecular formula is C18H31N5O. The summed E-state index contributed by atoms with van der Waals surface area (Å²) in [6.07, 6.45) is 8.73. The van der Waals surface area contributed by atoms with Gasteiger partial charge in [0.05, 0.1) is 12.6 Å². The van der Waals surface area contributed by atoms with Gasteiger partial charge in [-0.2, -0.15) is 0 Å². The topological polar surface area (TPSA) is 53.4 Å². The van der Waals surface area contributed by atoms with Gasteiger partial charge in [-0.1, -0.05) is 12.8 Å². The van der Waals surface area contributed by atoms with E-state index in [0.29, 0.717) is 6.04 Å². The number of rotatable bonds is 6. The summed E-state index contributed by atoms with van der Waals surface area (Å²) in [5, 5.41) is 3.23. The largest absolute Gasteiger partial charge is 0.352 e. The Kier molecular flexibility index (Phi) is 5.89. The predicted octanol–water partition coefficient (Wildman–Crippen LogP) is 1.47. The Bertz CT molecular complexity index is 529. The zero-order valence-corrected chi connectivity index (χ0v) is 15.1. The van der Waals surface area contributed by atoms with E-state index < -0.39 is 0 Å². The second-order valence-electron chi connectivity index (χ2n) is 7.11. The minimum atomic E-state index is -0.0228. The van der Waals surface area contributed by atoms with Gasteiger partial charge < -0.3 is 9.88 Å². The Hall–Kier alpha value is -1.40. The highest BCUT2D eigenvalue weighted by Gasteiger charge is 2.27. The second-order valence-corrected chi connectivity index (χ2v) is 7.11. The molecule has 3 rings (SSSR count). The number of hydrogen-bond donors (Lipinski definition) is 1. The summed E-state index contributed by atoms with van der Waals surface area (Å²) in [7, 11) is 0. The van der Waals surface area contributed by atoms with E-state index in [9.17, 15) is 4.79 Å². The average Bonchev–Trinajstić information content (AvgIpc) is 3.26. The lowest BCUT2D eigenvalue weighted by molar-refractivity contribution is -0.127. The molecule has 1 aliphatic carbocycles. The highest BCUT2D eigenvalue weighted by atomic mass is 16.2. The molecule has 0 bridgehead atoms. The van der Waals surface area contributed by atoms with Crippen molar-refractivity contribution in [1.82, 2.24) is 24.7 Å². The number of amides is 1. The van der Waals surface area contributed by atoms with Crippen LogP contribution in [0.15, 0.2) is 12.4 Å². The third kappa shape index (κ3) is 4.16. The second kappa shape index (κ2) is 8.12. The van der Waals surface area contributed by atoms with Gasteiger partial charge in [0.15, 0.2) is 0 Å². The van der Waals surface area contributed by atoms with Crippen molar-refractivity contribution in [3.8, 4) is 0 Å². The molecule has 1 amide bonds. The van der Waals surface area contributed by atoms with Crippen molar-refractivity contribution in [1.29, 1.82) is 0 Å². The normalized spacial score (nSPS) is 21.9. The van der Waals surface area contributed by atoms with Crippen LogP contribution in [-0.4, -0.2) is 63.5 Å². The molecule has 0 spiro atoms. The Morgan fingerprint density at radius 3 is 2.67 bits per heavy atom. The quantitative estimate of drug-likeness (QED) is 0.856. The molecule has 1 saturated heterocycles. The summed E-state index contributed by atoms with van der Waals surface area (Å²) in [5.74, 6) is 1.34. The Balaban J connectivity index is 1.44. The fourth-order valence-electron chi connectivity index (χ4n) is 3.85. The molecule has 0 radical (unpaired) electrons.